The van der Waals surface area contributed by atoms with Gasteiger partial charge in [-0.1, -0.05) is 6.92 Å². The van der Waals surface area contributed by atoms with Gasteiger partial charge in [0.2, 0.25) is 0 Å². The largest absolute Gasteiger partial charge is 0.375 e. The van der Waals surface area contributed by atoms with E-state index in [0.717, 1.165) is 18.7 Å². The molecule has 1 heterocycles. The van der Waals surface area contributed by atoms with Gasteiger partial charge in [0.15, 0.2) is 5.11 Å². The maximum atomic E-state index is 5.32. The van der Waals surface area contributed by atoms with E-state index in [1.165, 1.54) is 0 Å². The van der Waals surface area contributed by atoms with Gasteiger partial charge in [0.25, 0.3) is 0 Å². The fourth-order valence-electron chi connectivity index (χ4n) is 1.66. The zero-order chi connectivity index (χ0) is 10.7. The van der Waals surface area contributed by atoms with Crippen LogP contribution in [0.4, 0.5) is 0 Å². The molecule has 0 aromatic rings. The summed E-state index contributed by atoms with van der Waals surface area (Å²) in [6.07, 6.45) is 0.979. The van der Waals surface area contributed by atoms with Crippen molar-refractivity contribution in [3.05, 3.63) is 0 Å². The first-order chi connectivity index (χ1) is 6.50. The summed E-state index contributed by atoms with van der Waals surface area (Å²) in [6, 6.07) is 0.540. The second-order valence-electron chi connectivity index (χ2n) is 3.97. The molecular weight excluding hydrogens is 196 g/mol. The summed E-state index contributed by atoms with van der Waals surface area (Å²) in [5.41, 5.74) is 9.14. The second-order valence-corrected chi connectivity index (χ2v) is 4.41. The Bertz CT molecular complexity index is 251. The zero-order valence-electron chi connectivity index (χ0n) is 8.95. The number of nitrogens with zero attached hydrogens (tertiary/aromatic N) is 2. The van der Waals surface area contributed by atoms with Gasteiger partial charge in [0.05, 0.1) is 0 Å². The Hall–Kier alpha value is -0.680. The Morgan fingerprint density at radius 1 is 1.64 bits per heavy atom. The molecule has 80 valence electrons. The van der Waals surface area contributed by atoms with Gasteiger partial charge in [-0.25, -0.2) is 0 Å². The predicted molar refractivity (Wildman–Crippen MR) is 63.2 cm³/mol. The highest BCUT2D eigenvalue weighted by Gasteiger charge is 2.25. The summed E-state index contributed by atoms with van der Waals surface area (Å²) in [5.74, 6) is 0.470. The van der Waals surface area contributed by atoms with Crippen LogP contribution in [0.25, 0.3) is 0 Å². The van der Waals surface area contributed by atoms with E-state index < -0.39 is 0 Å². The molecule has 5 heteroatoms. The summed E-state index contributed by atoms with van der Waals surface area (Å²) < 4.78 is 0. The van der Waals surface area contributed by atoms with Crippen molar-refractivity contribution in [3.8, 4) is 0 Å². The molecule has 1 aliphatic heterocycles. The highest BCUT2D eigenvalue weighted by Crippen LogP contribution is 2.17. The highest BCUT2D eigenvalue weighted by atomic mass is 32.1. The molecule has 4 nitrogen and oxygen atoms in total. The van der Waals surface area contributed by atoms with Crippen molar-refractivity contribution in [1.29, 1.82) is 0 Å². The van der Waals surface area contributed by atoms with Gasteiger partial charge < -0.3 is 10.6 Å². The van der Waals surface area contributed by atoms with E-state index in [1.54, 1.807) is 0 Å². The molecule has 0 aromatic heterocycles. The molecule has 0 radical (unpaired) electrons. The standard InChI is InChI=1S/C9H18N4S/c1-6-5-13(3)7(2)4-8(6)11-12-9(10)14/h6-7H,4-5H2,1-3H3,(H3,10,12,14)/t6-,7-/m1/s1. The van der Waals surface area contributed by atoms with Gasteiger partial charge in [-0.05, 0) is 26.2 Å². The molecule has 0 saturated carbocycles. The molecule has 0 aromatic carbocycles. The van der Waals surface area contributed by atoms with Crippen molar-refractivity contribution in [3.63, 3.8) is 0 Å². The predicted octanol–water partition coefficient (Wildman–Crippen LogP) is 0.536. The Labute approximate surface area is 90.5 Å². The van der Waals surface area contributed by atoms with Crippen molar-refractivity contribution in [2.45, 2.75) is 26.3 Å². The molecule has 1 fully saturated rings. The molecule has 0 spiro atoms. The van der Waals surface area contributed by atoms with Crippen molar-refractivity contribution in [2.24, 2.45) is 16.8 Å². The number of piperidine rings is 1. The topological polar surface area (TPSA) is 53.6 Å². The molecule has 0 aliphatic carbocycles. The van der Waals surface area contributed by atoms with Crippen LogP contribution in [0.2, 0.25) is 0 Å². The molecule has 0 amide bonds. The summed E-state index contributed by atoms with van der Waals surface area (Å²) in [7, 11) is 2.14. The second kappa shape index (κ2) is 4.70. The van der Waals surface area contributed by atoms with Crippen molar-refractivity contribution in [1.82, 2.24) is 10.3 Å². The maximum Gasteiger partial charge on any atom is 0.184 e. The number of thiocarbonyl (C=S) groups is 1. The molecule has 0 bridgehead atoms. The van der Waals surface area contributed by atoms with Crippen molar-refractivity contribution < 1.29 is 0 Å². The summed E-state index contributed by atoms with van der Waals surface area (Å²) >= 11 is 4.70. The van der Waals surface area contributed by atoms with Gasteiger partial charge in [-0.15, -0.1) is 0 Å². The molecular formula is C9H18N4S. The number of rotatable bonds is 1. The fraction of sp³-hybridized carbons (Fsp3) is 0.778. The minimum atomic E-state index is 0.233. The van der Waals surface area contributed by atoms with E-state index >= 15 is 0 Å². The minimum absolute atomic E-state index is 0.233. The third kappa shape index (κ3) is 2.92. The lowest BCUT2D eigenvalue weighted by molar-refractivity contribution is 0.225. The Morgan fingerprint density at radius 3 is 2.86 bits per heavy atom. The quantitative estimate of drug-likeness (QED) is 0.494. The monoisotopic (exact) mass is 214 g/mol. The summed E-state index contributed by atoms with van der Waals surface area (Å²) in [4.78, 5) is 2.34. The first kappa shape index (κ1) is 11.4. The molecule has 0 unspecified atom stereocenters. The lowest BCUT2D eigenvalue weighted by Crippen LogP contribution is -2.44. The highest BCUT2D eigenvalue weighted by molar-refractivity contribution is 7.80. The molecule has 1 aliphatic rings. The van der Waals surface area contributed by atoms with Gasteiger partial charge in [0.1, 0.15) is 0 Å². The molecule has 2 atom stereocenters. The van der Waals surface area contributed by atoms with E-state index in [9.17, 15) is 0 Å². The van der Waals surface area contributed by atoms with Crippen LogP contribution >= 0.6 is 12.2 Å². The number of hydrogen-bond donors (Lipinski definition) is 2. The van der Waals surface area contributed by atoms with E-state index in [2.05, 4.69) is 36.3 Å². The van der Waals surface area contributed by atoms with Crippen LogP contribution in [0.1, 0.15) is 20.3 Å². The Balaban J connectivity index is 2.60. The number of nitrogens with two attached hydrogens (primary N) is 1. The smallest absolute Gasteiger partial charge is 0.184 e. The number of hydrogen-bond acceptors (Lipinski definition) is 3. The van der Waals surface area contributed by atoms with Gasteiger partial charge >= 0.3 is 0 Å². The normalized spacial score (nSPS) is 31.8. The lowest BCUT2D eigenvalue weighted by Gasteiger charge is -2.34. The van der Waals surface area contributed by atoms with Crippen LogP contribution < -0.4 is 11.2 Å². The van der Waals surface area contributed by atoms with Gasteiger partial charge in [-0.3, -0.25) is 5.43 Å². The number of nitrogens with one attached hydrogen (secondary N) is 1. The van der Waals surface area contributed by atoms with Crippen LogP contribution in [-0.4, -0.2) is 35.4 Å². The lowest BCUT2D eigenvalue weighted by atomic mass is 9.93. The van der Waals surface area contributed by atoms with E-state index in [-0.39, 0.29) is 5.11 Å². The van der Waals surface area contributed by atoms with E-state index in [4.69, 9.17) is 18.0 Å². The van der Waals surface area contributed by atoms with Crippen molar-refractivity contribution in [2.75, 3.05) is 13.6 Å². The van der Waals surface area contributed by atoms with Crippen LogP contribution in [0.15, 0.2) is 5.10 Å². The van der Waals surface area contributed by atoms with E-state index in [0.29, 0.717) is 12.0 Å². The summed E-state index contributed by atoms with van der Waals surface area (Å²) in [5, 5.41) is 4.46. The van der Waals surface area contributed by atoms with Crippen LogP contribution in [0.5, 0.6) is 0 Å². The minimum Gasteiger partial charge on any atom is -0.375 e. The first-order valence-corrected chi connectivity index (χ1v) is 5.23. The van der Waals surface area contributed by atoms with Gasteiger partial charge in [0, 0.05) is 30.6 Å². The number of likely N-dealkylation sites (tertiary alicyclic amines) is 1. The average molecular weight is 214 g/mol. The number of hydrazone groups is 1. The Morgan fingerprint density at radius 2 is 2.29 bits per heavy atom. The average Bonchev–Trinajstić information content (AvgIpc) is 2.09. The molecule has 1 rings (SSSR count). The molecule has 1 saturated heterocycles. The zero-order valence-corrected chi connectivity index (χ0v) is 9.77. The van der Waals surface area contributed by atoms with Crippen LogP contribution in [0, 0.1) is 5.92 Å². The van der Waals surface area contributed by atoms with Crippen LogP contribution in [-0.2, 0) is 0 Å². The molecule has 3 N–H and O–H groups in total. The maximum absolute atomic E-state index is 5.32. The first-order valence-electron chi connectivity index (χ1n) is 4.83. The molecule has 14 heavy (non-hydrogen) atoms. The third-order valence-corrected chi connectivity index (χ3v) is 2.79. The van der Waals surface area contributed by atoms with Crippen LogP contribution in [0.3, 0.4) is 0 Å². The third-order valence-electron chi connectivity index (χ3n) is 2.70. The SMILES string of the molecule is C[C@@H]1CN(C)[C@H](C)CC1=NNC(N)=S. The Kier molecular flexibility index (Phi) is 3.83. The van der Waals surface area contributed by atoms with Crippen molar-refractivity contribution >= 4 is 23.0 Å². The fourth-order valence-corrected chi connectivity index (χ4v) is 1.71. The van der Waals surface area contributed by atoms with E-state index in [1.807, 2.05) is 0 Å². The van der Waals surface area contributed by atoms with Gasteiger partial charge in [-0.2, -0.15) is 5.10 Å². The summed E-state index contributed by atoms with van der Waals surface area (Å²) in [6.45, 7) is 5.41.